The molecule has 3 rings (SSSR count). The number of carbonyl (C=O) groups excluding carboxylic acids is 1. The fourth-order valence-corrected chi connectivity index (χ4v) is 5.10. The highest BCUT2D eigenvalue weighted by Crippen LogP contribution is 2.26. The molecule has 0 N–H and O–H groups in total. The number of nitrogens with zero attached hydrogens (tertiary/aromatic N) is 2. The van der Waals surface area contributed by atoms with Gasteiger partial charge in [-0.1, -0.05) is 18.2 Å². The van der Waals surface area contributed by atoms with Crippen LogP contribution in [0.1, 0.15) is 19.3 Å². The van der Waals surface area contributed by atoms with Crippen molar-refractivity contribution in [3.8, 4) is 0 Å². The van der Waals surface area contributed by atoms with Gasteiger partial charge in [0.05, 0.1) is 11.5 Å². The van der Waals surface area contributed by atoms with Gasteiger partial charge in [0, 0.05) is 31.2 Å². The summed E-state index contributed by atoms with van der Waals surface area (Å²) >= 11 is 0. The van der Waals surface area contributed by atoms with Gasteiger partial charge in [-0.2, -0.15) is 0 Å². The van der Waals surface area contributed by atoms with Gasteiger partial charge < -0.3 is 9.80 Å². The van der Waals surface area contributed by atoms with E-state index in [1.54, 1.807) is 0 Å². The maximum absolute atomic E-state index is 12.3. The Morgan fingerprint density at radius 2 is 1.83 bits per heavy atom. The Balaban J connectivity index is 1.56. The number of para-hydroxylation sites is 1. The topological polar surface area (TPSA) is 57.7 Å². The molecule has 1 atom stereocenters. The number of hydrogen-bond donors (Lipinski definition) is 0. The number of amides is 1. The lowest BCUT2D eigenvalue weighted by atomic mass is 10.1. The van der Waals surface area contributed by atoms with Crippen LogP contribution in [-0.4, -0.2) is 56.9 Å². The number of benzene rings is 1. The SMILES string of the molecule is CN(CC1CC(=O)N(c2ccccc2)C1)C1CCS(=O)(=O)CC1. The lowest BCUT2D eigenvalue weighted by molar-refractivity contribution is -0.117. The Bertz CT molecular complexity index is 646. The molecule has 5 nitrogen and oxygen atoms in total. The Kier molecular flexibility index (Phi) is 4.73. The zero-order valence-corrected chi connectivity index (χ0v) is 14.3. The molecule has 0 aliphatic carbocycles. The summed E-state index contributed by atoms with van der Waals surface area (Å²) in [6.45, 7) is 1.60. The predicted molar refractivity (Wildman–Crippen MR) is 91.2 cm³/mol. The maximum atomic E-state index is 12.3. The molecule has 2 aliphatic rings. The fraction of sp³-hybridized carbons (Fsp3) is 0.588. The molecule has 1 aromatic carbocycles. The molecule has 1 unspecified atom stereocenters. The molecule has 2 fully saturated rings. The first-order valence-corrected chi connectivity index (χ1v) is 10.0. The molecule has 126 valence electrons. The smallest absolute Gasteiger partial charge is 0.227 e. The van der Waals surface area contributed by atoms with Crippen LogP contribution in [0.4, 0.5) is 5.69 Å². The van der Waals surface area contributed by atoms with E-state index < -0.39 is 9.84 Å². The van der Waals surface area contributed by atoms with Crippen LogP contribution in [0.2, 0.25) is 0 Å². The lowest BCUT2D eigenvalue weighted by Gasteiger charge is -2.32. The van der Waals surface area contributed by atoms with Gasteiger partial charge in [-0.15, -0.1) is 0 Å². The summed E-state index contributed by atoms with van der Waals surface area (Å²) in [7, 11) is -0.765. The molecule has 0 bridgehead atoms. The second-order valence-electron chi connectivity index (χ2n) is 6.73. The molecule has 2 aliphatic heterocycles. The largest absolute Gasteiger partial charge is 0.312 e. The average molecular weight is 336 g/mol. The van der Waals surface area contributed by atoms with Crippen LogP contribution in [-0.2, 0) is 14.6 Å². The second kappa shape index (κ2) is 6.61. The number of rotatable bonds is 4. The molecule has 0 aromatic heterocycles. The van der Waals surface area contributed by atoms with E-state index in [2.05, 4.69) is 11.9 Å². The summed E-state index contributed by atoms with van der Waals surface area (Å²) < 4.78 is 23.1. The van der Waals surface area contributed by atoms with E-state index in [4.69, 9.17) is 0 Å². The van der Waals surface area contributed by atoms with E-state index in [0.29, 0.717) is 42.7 Å². The number of sulfone groups is 1. The van der Waals surface area contributed by atoms with Gasteiger partial charge in [-0.3, -0.25) is 4.79 Å². The highest BCUT2D eigenvalue weighted by molar-refractivity contribution is 7.91. The van der Waals surface area contributed by atoms with Crippen LogP contribution in [0.25, 0.3) is 0 Å². The van der Waals surface area contributed by atoms with Gasteiger partial charge >= 0.3 is 0 Å². The van der Waals surface area contributed by atoms with E-state index >= 15 is 0 Å². The van der Waals surface area contributed by atoms with Crippen LogP contribution < -0.4 is 4.90 Å². The first-order valence-electron chi connectivity index (χ1n) is 8.21. The lowest BCUT2D eigenvalue weighted by Crippen LogP contribution is -2.41. The van der Waals surface area contributed by atoms with E-state index in [9.17, 15) is 13.2 Å². The zero-order valence-electron chi connectivity index (χ0n) is 13.5. The third kappa shape index (κ3) is 3.93. The van der Waals surface area contributed by atoms with Crippen molar-refractivity contribution >= 4 is 21.4 Å². The summed E-state index contributed by atoms with van der Waals surface area (Å²) in [5.74, 6) is 1.08. The second-order valence-corrected chi connectivity index (χ2v) is 9.04. The van der Waals surface area contributed by atoms with Crippen LogP contribution in [0, 0.1) is 5.92 Å². The zero-order chi connectivity index (χ0) is 16.4. The van der Waals surface area contributed by atoms with Crippen LogP contribution in [0.5, 0.6) is 0 Å². The van der Waals surface area contributed by atoms with Gasteiger partial charge in [0.2, 0.25) is 5.91 Å². The van der Waals surface area contributed by atoms with Crippen molar-refractivity contribution in [1.29, 1.82) is 0 Å². The third-order valence-electron chi connectivity index (χ3n) is 4.97. The van der Waals surface area contributed by atoms with Crippen LogP contribution >= 0.6 is 0 Å². The summed E-state index contributed by atoms with van der Waals surface area (Å²) in [5.41, 5.74) is 0.964. The first kappa shape index (κ1) is 16.5. The Hall–Kier alpha value is -1.40. The van der Waals surface area contributed by atoms with Crippen molar-refractivity contribution in [3.05, 3.63) is 30.3 Å². The fourth-order valence-electron chi connectivity index (χ4n) is 3.64. The highest BCUT2D eigenvalue weighted by atomic mass is 32.2. The van der Waals surface area contributed by atoms with Crippen molar-refractivity contribution in [3.63, 3.8) is 0 Å². The third-order valence-corrected chi connectivity index (χ3v) is 6.68. The van der Waals surface area contributed by atoms with E-state index in [1.807, 2.05) is 35.2 Å². The molecule has 0 radical (unpaired) electrons. The Morgan fingerprint density at radius 1 is 1.17 bits per heavy atom. The minimum Gasteiger partial charge on any atom is -0.312 e. The van der Waals surface area contributed by atoms with Gasteiger partial charge in [-0.05, 0) is 37.9 Å². The van der Waals surface area contributed by atoms with Crippen molar-refractivity contribution in [1.82, 2.24) is 4.90 Å². The van der Waals surface area contributed by atoms with Crippen molar-refractivity contribution in [2.45, 2.75) is 25.3 Å². The van der Waals surface area contributed by atoms with Gasteiger partial charge in [0.1, 0.15) is 9.84 Å². The molecule has 1 aromatic rings. The van der Waals surface area contributed by atoms with Gasteiger partial charge in [0.25, 0.3) is 0 Å². The molecule has 0 spiro atoms. The maximum Gasteiger partial charge on any atom is 0.227 e. The quantitative estimate of drug-likeness (QED) is 0.837. The number of anilines is 1. The van der Waals surface area contributed by atoms with E-state index in [1.165, 1.54) is 0 Å². The Morgan fingerprint density at radius 3 is 2.48 bits per heavy atom. The molecule has 1 amide bonds. The van der Waals surface area contributed by atoms with Crippen molar-refractivity contribution < 1.29 is 13.2 Å². The standard InChI is InChI=1S/C17H24N2O3S/c1-18(15-7-9-23(21,22)10-8-15)12-14-11-17(20)19(13-14)16-5-3-2-4-6-16/h2-6,14-15H,7-13H2,1H3. The summed E-state index contributed by atoms with van der Waals surface area (Å²) in [5, 5.41) is 0. The Labute approximate surface area is 138 Å². The van der Waals surface area contributed by atoms with Crippen LogP contribution in [0.3, 0.4) is 0 Å². The van der Waals surface area contributed by atoms with Crippen molar-refractivity contribution in [2.75, 3.05) is 36.5 Å². The number of carbonyl (C=O) groups is 1. The molecule has 0 saturated carbocycles. The normalized spacial score (nSPS) is 25.2. The monoisotopic (exact) mass is 336 g/mol. The summed E-state index contributed by atoms with van der Waals surface area (Å²) in [6, 6.07) is 10.1. The first-order chi connectivity index (χ1) is 10.9. The molecule has 2 saturated heterocycles. The summed E-state index contributed by atoms with van der Waals surface area (Å²) in [4.78, 5) is 16.4. The van der Waals surface area contributed by atoms with Crippen molar-refractivity contribution in [2.24, 2.45) is 5.92 Å². The number of hydrogen-bond acceptors (Lipinski definition) is 4. The minimum absolute atomic E-state index is 0.181. The van der Waals surface area contributed by atoms with E-state index in [-0.39, 0.29) is 5.91 Å². The van der Waals surface area contributed by atoms with Gasteiger partial charge in [-0.25, -0.2) is 8.42 Å². The minimum atomic E-state index is -2.82. The molecule has 6 heteroatoms. The molecular weight excluding hydrogens is 312 g/mol. The van der Waals surface area contributed by atoms with Crippen LogP contribution in [0.15, 0.2) is 30.3 Å². The summed E-state index contributed by atoms with van der Waals surface area (Å²) in [6.07, 6.45) is 1.99. The predicted octanol–water partition coefficient (Wildman–Crippen LogP) is 1.55. The molecular formula is C17H24N2O3S. The highest BCUT2D eigenvalue weighted by Gasteiger charge is 2.33. The molecule has 23 heavy (non-hydrogen) atoms. The van der Waals surface area contributed by atoms with E-state index in [0.717, 1.165) is 18.8 Å². The average Bonchev–Trinajstić information content (AvgIpc) is 2.88. The molecule has 2 heterocycles. The van der Waals surface area contributed by atoms with Gasteiger partial charge in [0.15, 0.2) is 0 Å².